The van der Waals surface area contributed by atoms with Crippen LogP contribution in [0.1, 0.15) is 41.7 Å². The van der Waals surface area contributed by atoms with Gasteiger partial charge in [0.15, 0.2) is 0 Å². The fraction of sp³-hybridized carbons (Fsp3) is 0.538. The smallest absolute Gasteiger partial charge is 0.118 e. The maximum Gasteiger partial charge on any atom is 0.118 e. The van der Waals surface area contributed by atoms with Gasteiger partial charge in [0.25, 0.3) is 0 Å². The van der Waals surface area contributed by atoms with E-state index in [1.165, 1.54) is 16.7 Å². The van der Waals surface area contributed by atoms with Crippen molar-refractivity contribution in [3.63, 3.8) is 0 Å². The molecule has 0 amide bonds. The van der Waals surface area contributed by atoms with E-state index in [2.05, 4.69) is 46.6 Å². The quantitative estimate of drug-likeness (QED) is 0.592. The number of hydrogen-bond acceptors (Lipinski definition) is 6. The van der Waals surface area contributed by atoms with Crippen LogP contribution in [0.15, 0.2) is 48.5 Å². The maximum atomic E-state index is 10.6. The van der Waals surface area contributed by atoms with Gasteiger partial charge in [0, 0.05) is 32.2 Å². The number of morpholine rings is 1. The van der Waals surface area contributed by atoms with Crippen molar-refractivity contribution in [2.75, 3.05) is 53.1 Å². The third-order valence-electron chi connectivity index (χ3n) is 6.51. The summed E-state index contributed by atoms with van der Waals surface area (Å²) in [7, 11) is 1.69. The topological polar surface area (TPSA) is 63.2 Å². The Bertz CT molecular complexity index is 823. The third kappa shape index (κ3) is 6.09. The number of methoxy groups -OCH3 is 1. The molecule has 32 heavy (non-hydrogen) atoms. The van der Waals surface area contributed by atoms with Crippen molar-refractivity contribution in [2.24, 2.45) is 0 Å². The Labute approximate surface area is 191 Å². The standard InChI is InChI=1S/C26H36N2O4/c1-30-23-11-9-21(10-12-23)25(28-13-15-31-16-14-28)18-27-17-22(29)19-32-26-8-4-6-20-5-2-3-7-24(20)26/h2-3,5,7,9-12,22,25-27,29H,4,6,8,13-19H2,1H3/t22-,25+,26+/m0/s1. The molecule has 2 aliphatic rings. The molecule has 0 aromatic heterocycles. The highest BCUT2D eigenvalue weighted by Crippen LogP contribution is 2.32. The zero-order valence-electron chi connectivity index (χ0n) is 19.0. The van der Waals surface area contributed by atoms with E-state index in [0.717, 1.165) is 57.9 Å². The Morgan fingerprint density at radius 3 is 2.66 bits per heavy atom. The normalized spacial score (nSPS) is 21.0. The van der Waals surface area contributed by atoms with Gasteiger partial charge in [0.1, 0.15) is 5.75 Å². The van der Waals surface area contributed by atoms with E-state index in [-0.39, 0.29) is 12.1 Å². The molecule has 1 heterocycles. The maximum absolute atomic E-state index is 10.6. The van der Waals surface area contributed by atoms with Gasteiger partial charge >= 0.3 is 0 Å². The number of aliphatic hydroxyl groups is 1. The third-order valence-corrected chi connectivity index (χ3v) is 6.51. The predicted octanol–water partition coefficient (Wildman–Crippen LogP) is 3.11. The second-order valence-electron chi connectivity index (χ2n) is 8.66. The lowest BCUT2D eigenvalue weighted by molar-refractivity contribution is -0.0180. The van der Waals surface area contributed by atoms with Crippen molar-refractivity contribution < 1.29 is 19.3 Å². The van der Waals surface area contributed by atoms with Crippen molar-refractivity contribution in [3.8, 4) is 5.75 Å². The number of ether oxygens (including phenoxy) is 3. The molecule has 1 fully saturated rings. The van der Waals surface area contributed by atoms with Crippen LogP contribution in [-0.2, 0) is 15.9 Å². The number of fused-ring (bicyclic) bond motifs is 1. The van der Waals surface area contributed by atoms with Crippen LogP contribution in [0.5, 0.6) is 5.75 Å². The lowest BCUT2D eigenvalue weighted by Crippen LogP contribution is -2.44. The Balaban J connectivity index is 1.28. The molecule has 1 saturated heterocycles. The zero-order chi connectivity index (χ0) is 22.2. The summed E-state index contributed by atoms with van der Waals surface area (Å²) in [6.45, 7) is 4.94. The minimum Gasteiger partial charge on any atom is -0.497 e. The number of nitrogens with zero attached hydrogens (tertiary/aromatic N) is 1. The summed E-state index contributed by atoms with van der Waals surface area (Å²) in [5.74, 6) is 0.860. The van der Waals surface area contributed by atoms with Gasteiger partial charge in [0.2, 0.25) is 0 Å². The predicted molar refractivity (Wildman–Crippen MR) is 125 cm³/mol. The second kappa shape index (κ2) is 11.8. The van der Waals surface area contributed by atoms with Crippen molar-refractivity contribution in [3.05, 3.63) is 65.2 Å². The molecule has 1 aliphatic heterocycles. The summed E-state index contributed by atoms with van der Waals surface area (Å²) in [4.78, 5) is 2.44. The fourth-order valence-electron chi connectivity index (χ4n) is 4.73. The van der Waals surface area contributed by atoms with Gasteiger partial charge in [-0.2, -0.15) is 0 Å². The average molecular weight is 441 g/mol. The Hall–Kier alpha value is -1.96. The number of hydrogen-bond donors (Lipinski definition) is 2. The van der Waals surface area contributed by atoms with Crippen LogP contribution in [0.4, 0.5) is 0 Å². The van der Waals surface area contributed by atoms with Crippen LogP contribution in [0, 0.1) is 0 Å². The number of aryl methyl sites for hydroxylation is 1. The van der Waals surface area contributed by atoms with E-state index in [4.69, 9.17) is 14.2 Å². The first-order valence-electron chi connectivity index (χ1n) is 11.8. The van der Waals surface area contributed by atoms with Gasteiger partial charge in [-0.15, -0.1) is 0 Å². The molecule has 3 atom stereocenters. The molecule has 2 aromatic rings. The largest absolute Gasteiger partial charge is 0.497 e. The lowest BCUT2D eigenvalue weighted by atomic mass is 9.89. The molecule has 0 spiro atoms. The van der Waals surface area contributed by atoms with Crippen molar-refractivity contribution in [2.45, 2.75) is 37.5 Å². The monoisotopic (exact) mass is 440 g/mol. The Morgan fingerprint density at radius 1 is 1.09 bits per heavy atom. The number of nitrogens with one attached hydrogen (secondary N) is 1. The summed E-state index contributed by atoms with van der Waals surface area (Å²) in [5, 5.41) is 14.0. The van der Waals surface area contributed by atoms with Gasteiger partial charge in [0.05, 0.1) is 39.1 Å². The average Bonchev–Trinajstić information content (AvgIpc) is 2.86. The number of aliphatic hydroxyl groups excluding tert-OH is 1. The molecular formula is C26H36N2O4. The molecule has 0 radical (unpaired) electrons. The first kappa shape index (κ1) is 23.2. The van der Waals surface area contributed by atoms with Crippen LogP contribution >= 0.6 is 0 Å². The Kier molecular flexibility index (Phi) is 8.54. The van der Waals surface area contributed by atoms with E-state index in [0.29, 0.717) is 13.2 Å². The highest BCUT2D eigenvalue weighted by molar-refractivity contribution is 5.31. The highest BCUT2D eigenvalue weighted by Gasteiger charge is 2.24. The van der Waals surface area contributed by atoms with Gasteiger partial charge in [-0.25, -0.2) is 0 Å². The second-order valence-corrected chi connectivity index (χ2v) is 8.66. The van der Waals surface area contributed by atoms with E-state index < -0.39 is 6.10 Å². The molecule has 2 N–H and O–H groups in total. The highest BCUT2D eigenvalue weighted by atomic mass is 16.5. The minimum absolute atomic E-state index is 0.0926. The summed E-state index contributed by atoms with van der Waals surface area (Å²) >= 11 is 0. The molecule has 174 valence electrons. The first-order chi connectivity index (χ1) is 15.7. The summed E-state index contributed by atoms with van der Waals surface area (Å²) < 4.78 is 17.0. The van der Waals surface area contributed by atoms with Crippen LogP contribution in [0.25, 0.3) is 0 Å². The van der Waals surface area contributed by atoms with Crippen LogP contribution < -0.4 is 10.1 Å². The van der Waals surface area contributed by atoms with E-state index in [1.54, 1.807) is 7.11 Å². The van der Waals surface area contributed by atoms with Crippen molar-refractivity contribution >= 4 is 0 Å². The lowest BCUT2D eigenvalue weighted by Gasteiger charge is -2.35. The van der Waals surface area contributed by atoms with Crippen molar-refractivity contribution in [1.82, 2.24) is 10.2 Å². The van der Waals surface area contributed by atoms with Gasteiger partial charge in [-0.3, -0.25) is 4.90 Å². The van der Waals surface area contributed by atoms with E-state index >= 15 is 0 Å². The van der Waals surface area contributed by atoms with Crippen LogP contribution in [0.3, 0.4) is 0 Å². The molecule has 4 rings (SSSR count). The van der Waals surface area contributed by atoms with Crippen molar-refractivity contribution in [1.29, 1.82) is 0 Å². The number of benzene rings is 2. The molecule has 0 bridgehead atoms. The molecule has 6 heteroatoms. The fourth-order valence-corrected chi connectivity index (χ4v) is 4.73. The summed E-state index contributed by atoms with van der Waals surface area (Å²) in [6, 6.07) is 17.0. The van der Waals surface area contributed by atoms with Crippen LogP contribution in [0.2, 0.25) is 0 Å². The van der Waals surface area contributed by atoms with Crippen LogP contribution in [-0.4, -0.2) is 69.2 Å². The van der Waals surface area contributed by atoms with E-state index in [9.17, 15) is 5.11 Å². The molecule has 6 nitrogen and oxygen atoms in total. The summed E-state index contributed by atoms with van der Waals surface area (Å²) in [6.07, 6.45) is 2.83. The molecule has 2 aromatic carbocycles. The van der Waals surface area contributed by atoms with Gasteiger partial charge in [-0.1, -0.05) is 36.4 Å². The Morgan fingerprint density at radius 2 is 1.88 bits per heavy atom. The van der Waals surface area contributed by atoms with Gasteiger partial charge in [-0.05, 0) is 48.1 Å². The first-order valence-corrected chi connectivity index (χ1v) is 11.8. The van der Waals surface area contributed by atoms with E-state index in [1.807, 2.05) is 12.1 Å². The zero-order valence-corrected chi connectivity index (χ0v) is 19.0. The minimum atomic E-state index is -0.537. The molecular weight excluding hydrogens is 404 g/mol. The molecule has 0 unspecified atom stereocenters. The molecule has 0 saturated carbocycles. The van der Waals surface area contributed by atoms with Gasteiger partial charge < -0.3 is 24.6 Å². The SMILES string of the molecule is COc1ccc([C@@H](CNC[C@H](O)CO[C@@H]2CCCc3ccccc32)N2CCOCC2)cc1. The number of rotatable bonds is 10. The summed E-state index contributed by atoms with van der Waals surface area (Å²) in [5.41, 5.74) is 3.90. The molecule has 1 aliphatic carbocycles.